The van der Waals surface area contributed by atoms with E-state index in [-0.39, 0.29) is 0 Å². The highest BCUT2D eigenvalue weighted by Crippen LogP contribution is 2.46. The smallest absolute Gasteiger partial charge is 0.139 e. The van der Waals surface area contributed by atoms with Gasteiger partial charge in [-0.2, -0.15) is 0 Å². The molecule has 0 saturated heterocycles. The van der Waals surface area contributed by atoms with Crippen molar-refractivity contribution in [2.75, 3.05) is 7.11 Å². The van der Waals surface area contributed by atoms with Crippen LogP contribution in [0.5, 0.6) is 5.75 Å². The fourth-order valence-corrected chi connectivity index (χ4v) is 4.24. The summed E-state index contributed by atoms with van der Waals surface area (Å²) < 4.78 is 11.8. The van der Waals surface area contributed by atoms with E-state index in [1.165, 1.54) is 43.1 Å². The second kappa shape index (κ2) is 4.42. The van der Waals surface area contributed by atoms with Gasteiger partial charge in [0, 0.05) is 22.2 Å². The fourth-order valence-electron chi connectivity index (χ4n) is 4.24. The molecular formula is C23H14O2. The molecule has 0 bridgehead atoms. The van der Waals surface area contributed by atoms with E-state index in [4.69, 9.17) is 9.15 Å². The summed E-state index contributed by atoms with van der Waals surface area (Å²) >= 11 is 0. The van der Waals surface area contributed by atoms with E-state index in [1.54, 1.807) is 7.11 Å². The monoisotopic (exact) mass is 322 g/mol. The zero-order chi connectivity index (χ0) is 16.5. The summed E-state index contributed by atoms with van der Waals surface area (Å²) in [7, 11) is 1.70. The Hall–Kier alpha value is -3.26. The first-order valence-electron chi connectivity index (χ1n) is 8.41. The molecule has 0 saturated carbocycles. The summed E-state index contributed by atoms with van der Waals surface area (Å²) in [5.74, 6) is 0.823. The summed E-state index contributed by atoms with van der Waals surface area (Å²) in [6.45, 7) is 0. The van der Waals surface area contributed by atoms with Crippen molar-refractivity contribution in [2.24, 2.45) is 0 Å². The molecular weight excluding hydrogens is 308 g/mol. The molecule has 6 rings (SSSR count). The van der Waals surface area contributed by atoms with Crippen molar-refractivity contribution in [3.8, 4) is 5.75 Å². The number of fused-ring (bicyclic) bond motifs is 5. The lowest BCUT2D eigenvalue weighted by Gasteiger charge is -2.11. The van der Waals surface area contributed by atoms with Crippen molar-refractivity contribution in [3.63, 3.8) is 0 Å². The highest BCUT2D eigenvalue weighted by Gasteiger charge is 2.20. The molecule has 2 nitrogen and oxygen atoms in total. The minimum Gasteiger partial charge on any atom is -0.497 e. The van der Waals surface area contributed by atoms with Crippen molar-refractivity contribution in [1.29, 1.82) is 0 Å². The topological polar surface area (TPSA) is 22.4 Å². The summed E-state index contributed by atoms with van der Waals surface area (Å²) in [4.78, 5) is 0. The number of rotatable bonds is 1. The normalized spacial score (nSPS) is 12.2. The quantitative estimate of drug-likeness (QED) is 0.323. The van der Waals surface area contributed by atoms with Gasteiger partial charge < -0.3 is 9.15 Å². The Kier molecular flexibility index (Phi) is 2.31. The van der Waals surface area contributed by atoms with Crippen LogP contribution in [-0.4, -0.2) is 7.11 Å². The zero-order valence-corrected chi connectivity index (χ0v) is 13.7. The Bertz CT molecular complexity index is 1420. The van der Waals surface area contributed by atoms with Gasteiger partial charge in [-0.3, -0.25) is 0 Å². The Morgan fingerprint density at radius 1 is 0.640 bits per heavy atom. The Labute approximate surface area is 143 Å². The Morgan fingerprint density at radius 2 is 1.36 bits per heavy atom. The van der Waals surface area contributed by atoms with E-state index in [0.717, 1.165) is 16.9 Å². The van der Waals surface area contributed by atoms with Gasteiger partial charge in [-0.1, -0.05) is 48.5 Å². The Morgan fingerprint density at radius 3 is 2.20 bits per heavy atom. The molecule has 5 aromatic carbocycles. The summed E-state index contributed by atoms with van der Waals surface area (Å²) in [5.41, 5.74) is 1.82. The molecule has 0 aliphatic carbocycles. The molecule has 0 amide bonds. The highest BCUT2D eigenvalue weighted by molar-refractivity contribution is 6.38. The van der Waals surface area contributed by atoms with Gasteiger partial charge in [0.1, 0.15) is 16.9 Å². The van der Waals surface area contributed by atoms with Crippen molar-refractivity contribution < 1.29 is 9.15 Å². The standard InChI is InChI=1S/C23H14O2/c1-24-14-11-18-16-8-4-5-9-17(16)21-15-7-3-2-6-13(15)10-19-23(21)22(18)20(12-14)25-19/h2-12H,1H3. The van der Waals surface area contributed by atoms with Crippen LogP contribution in [-0.2, 0) is 0 Å². The number of ether oxygens (including phenoxy) is 1. The third-order valence-corrected chi connectivity index (χ3v) is 5.28. The van der Waals surface area contributed by atoms with Gasteiger partial charge in [-0.25, -0.2) is 0 Å². The molecule has 6 aromatic rings. The second-order valence-corrected chi connectivity index (χ2v) is 6.54. The number of furan rings is 1. The summed E-state index contributed by atoms with van der Waals surface area (Å²) in [6.07, 6.45) is 0. The first-order chi connectivity index (χ1) is 12.3. The third kappa shape index (κ3) is 1.54. The van der Waals surface area contributed by atoms with Crippen LogP contribution >= 0.6 is 0 Å². The van der Waals surface area contributed by atoms with Gasteiger partial charge in [-0.05, 0) is 39.1 Å². The first kappa shape index (κ1) is 13.1. The molecule has 0 aliphatic rings. The maximum Gasteiger partial charge on any atom is 0.139 e. The molecule has 1 heterocycles. The van der Waals surface area contributed by atoms with E-state index in [2.05, 4.69) is 60.7 Å². The largest absolute Gasteiger partial charge is 0.497 e. The van der Waals surface area contributed by atoms with Crippen LogP contribution in [0, 0.1) is 0 Å². The van der Waals surface area contributed by atoms with Crippen LogP contribution in [0.2, 0.25) is 0 Å². The number of methoxy groups -OCH3 is 1. The molecule has 0 atom stereocenters. The molecule has 0 radical (unpaired) electrons. The van der Waals surface area contributed by atoms with E-state index >= 15 is 0 Å². The maximum atomic E-state index is 6.26. The number of benzene rings is 5. The summed E-state index contributed by atoms with van der Waals surface area (Å²) in [6, 6.07) is 23.4. The predicted molar refractivity (Wildman–Crippen MR) is 104 cm³/mol. The van der Waals surface area contributed by atoms with Gasteiger partial charge in [0.25, 0.3) is 0 Å². The lowest BCUT2D eigenvalue weighted by Crippen LogP contribution is -1.86. The third-order valence-electron chi connectivity index (χ3n) is 5.28. The van der Waals surface area contributed by atoms with Crippen LogP contribution in [0.25, 0.3) is 54.3 Å². The molecule has 0 spiro atoms. The van der Waals surface area contributed by atoms with E-state index in [0.29, 0.717) is 0 Å². The minimum absolute atomic E-state index is 0.823. The van der Waals surface area contributed by atoms with Crippen LogP contribution in [0.3, 0.4) is 0 Å². The molecule has 25 heavy (non-hydrogen) atoms. The molecule has 0 fully saturated rings. The first-order valence-corrected chi connectivity index (χ1v) is 8.41. The molecule has 2 heteroatoms. The second-order valence-electron chi connectivity index (χ2n) is 6.54. The molecule has 118 valence electrons. The molecule has 0 unspecified atom stereocenters. The summed E-state index contributed by atoms with van der Waals surface area (Å²) in [5, 5.41) is 9.83. The van der Waals surface area contributed by atoms with Crippen molar-refractivity contribution >= 4 is 54.3 Å². The van der Waals surface area contributed by atoms with Crippen LogP contribution in [0.15, 0.2) is 71.1 Å². The van der Waals surface area contributed by atoms with Crippen LogP contribution in [0.1, 0.15) is 0 Å². The molecule has 1 aromatic heterocycles. The van der Waals surface area contributed by atoms with Crippen molar-refractivity contribution in [2.45, 2.75) is 0 Å². The van der Waals surface area contributed by atoms with Gasteiger partial charge >= 0.3 is 0 Å². The van der Waals surface area contributed by atoms with Crippen LogP contribution in [0.4, 0.5) is 0 Å². The van der Waals surface area contributed by atoms with Crippen molar-refractivity contribution in [1.82, 2.24) is 0 Å². The van der Waals surface area contributed by atoms with Gasteiger partial charge in [0.05, 0.1) is 7.11 Å². The fraction of sp³-hybridized carbons (Fsp3) is 0.0435. The van der Waals surface area contributed by atoms with E-state index < -0.39 is 0 Å². The Balaban J connectivity index is 2.08. The van der Waals surface area contributed by atoms with Gasteiger partial charge in [0.2, 0.25) is 0 Å². The van der Waals surface area contributed by atoms with Gasteiger partial charge in [-0.15, -0.1) is 0 Å². The van der Waals surface area contributed by atoms with Gasteiger partial charge in [0.15, 0.2) is 0 Å². The average molecular weight is 322 g/mol. The lowest BCUT2D eigenvalue weighted by molar-refractivity contribution is 0.415. The molecule has 0 N–H and O–H groups in total. The number of hydrogen-bond donors (Lipinski definition) is 0. The minimum atomic E-state index is 0.823. The van der Waals surface area contributed by atoms with Crippen molar-refractivity contribution in [3.05, 3.63) is 66.7 Å². The predicted octanol–water partition coefficient (Wildman–Crippen LogP) is 6.49. The van der Waals surface area contributed by atoms with Crippen LogP contribution < -0.4 is 4.74 Å². The SMILES string of the molecule is COc1cc2oc3cc4ccccc4c4c5ccccc5c(c1)c2c34. The molecule has 0 aliphatic heterocycles. The average Bonchev–Trinajstić information content (AvgIpc) is 3.03. The lowest BCUT2D eigenvalue weighted by atomic mass is 9.91. The highest BCUT2D eigenvalue weighted by atomic mass is 16.5. The van der Waals surface area contributed by atoms with E-state index in [9.17, 15) is 0 Å². The number of hydrogen-bond acceptors (Lipinski definition) is 2. The maximum absolute atomic E-state index is 6.26. The zero-order valence-electron chi connectivity index (χ0n) is 13.7. The van der Waals surface area contributed by atoms with E-state index in [1.807, 2.05) is 6.07 Å².